The number of nitrogens with one attached hydrogen (secondary N) is 2. The summed E-state index contributed by atoms with van der Waals surface area (Å²) in [7, 11) is 1.91. The summed E-state index contributed by atoms with van der Waals surface area (Å²) in [5.41, 5.74) is 5.14. The predicted octanol–water partition coefficient (Wildman–Crippen LogP) is 4.24. The van der Waals surface area contributed by atoms with Crippen LogP contribution in [0.2, 0.25) is 0 Å². The first-order valence-corrected chi connectivity index (χ1v) is 9.55. The van der Waals surface area contributed by atoms with Gasteiger partial charge in [0.25, 0.3) is 0 Å². The quantitative estimate of drug-likeness (QED) is 0.723. The van der Waals surface area contributed by atoms with E-state index >= 15 is 0 Å². The van der Waals surface area contributed by atoms with E-state index in [0.717, 1.165) is 41.9 Å². The molecule has 1 heterocycles. The van der Waals surface area contributed by atoms with Crippen LogP contribution < -0.4 is 10.6 Å². The second kappa shape index (κ2) is 9.58. The van der Waals surface area contributed by atoms with E-state index in [1.807, 2.05) is 14.0 Å². The molecule has 0 aliphatic carbocycles. The van der Waals surface area contributed by atoms with Gasteiger partial charge in [0, 0.05) is 24.4 Å². The molecule has 1 aliphatic heterocycles. The highest BCUT2D eigenvalue weighted by atomic mass is 32.2. The van der Waals surface area contributed by atoms with Crippen LogP contribution >= 0.6 is 11.8 Å². The standard InChI is InChI=1S/C19H29N3OS/c1-7-9-12(3)18(23)22-19-16(10-20)17(11-24-19)13(4)15(8-2)14(5)21-6/h12,21H,7-9,11H2,1-6H3,(H,22,23)/b15-14-,17-13+. The van der Waals surface area contributed by atoms with Crippen LogP contribution in [-0.2, 0) is 4.79 Å². The number of nitrogens with zero attached hydrogens (tertiary/aromatic N) is 1. The van der Waals surface area contributed by atoms with E-state index in [-0.39, 0.29) is 11.8 Å². The van der Waals surface area contributed by atoms with Crippen molar-refractivity contribution in [3.63, 3.8) is 0 Å². The summed E-state index contributed by atoms with van der Waals surface area (Å²) in [4.78, 5) is 12.3. The molecule has 0 saturated heterocycles. The summed E-state index contributed by atoms with van der Waals surface area (Å²) in [6, 6.07) is 2.30. The van der Waals surface area contributed by atoms with E-state index in [1.165, 1.54) is 5.57 Å². The lowest BCUT2D eigenvalue weighted by Gasteiger charge is -2.14. The Kier molecular flexibility index (Phi) is 8.14. The van der Waals surface area contributed by atoms with Crippen molar-refractivity contribution >= 4 is 17.7 Å². The summed E-state index contributed by atoms with van der Waals surface area (Å²) < 4.78 is 0. The Hall–Kier alpha value is -1.67. The van der Waals surface area contributed by atoms with E-state index in [4.69, 9.17) is 0 Å². The van der Waals surface area contributed by atoms with Crippen LogP contribution in [0.25, 0.3) is 0 Å². The number of rotatable bonds is 7. The van der Waals surface area contributed by atoms with Gasteiger partial charge in [-0.3, -0.25) is 4.79 Å². The SMILES string of the molecule is CCCC(C)C(=O)NC1=C(C#N)/C(=C(C)/C(CC)=C(/C)NC)CS1. The van der Waals surface area contributed by atoms with E-state index < -0.39 is 0 Å². The molecule has 5 heteroatoms. The Morgan fingerprint density at radius 1 is 1.38 bits per heavy atom. The molecule has 0 bridgehead atoms. The van der Waals surface area contributed by atoms with Crippen molar-refractivity contribution in [2.24, 2.45) is 5.92 Å². The van der Waals surface area contributed by atoms with Gasteiger partial charge in [-0.15, -0.1) is 11.8 Å². The van der Waals surface area contributed by atoms with Crippen LogP contribution in [0, 0.1) is 17.2 Å². The maximum Gasteiger partial charge on any atom is 0.227 e. The first kappa shape index (κ1) is 20.4. The Morgan fingerprint density at radius 2 is 2.04 bits per heavy atom. The number of allylic oxidation sites excluding steroid dienone is 4. The first-order valence-electron chi connectivity index (χ1n) is 8.57. The van der Waals surface area contributed by atoms with Crippen LogP contribution in [0.15, 0.2) is 33.0 Å². The zero-order chi connectivity index (χ0) is 18.3. The minimum atomic E-state index is -0.0326. The van der Waals surface area contributed by atoms with Gasteiger partial charge < -0.3 is 10.6 Å². The zero-order valence-corrected chi connectivity index (χ0v) is 16.5. The molecule has 132 valence electrons. The molecule has 0 aromatic heterocycles. The Labute approximate surface area is 150 Å². The molecular weight excluding hydrogens is 318 g/mol. The lowest BCUT2D eigenvalue weighted by molar-refractivity contribution is -0.123. The van der Waals surface area contributed by atoms with Gasteiger partial charge in [0.15, 0.2) is 0 Å². The average Bonchev–Trinajstić information content (AvgIpc) is 2.97. The highest BCUT2D eigenvalue weighted by Gasteiger charge is 2.26. The fourth-order valence-electron chi connectivity index (χ4n) is 2.88. The van der Waals surface area contributed by atoms with Gasteiger partial charge in [-0.25, -0.2) is 0 Å². The summed E-state index contributed by atoms with van der Waals surface area (Å²) >= 11 is 1.55. The molecule has 1 aliphatic rings. The van der Waals surface area contributed by atoms with Gasteiger partial charge in [-0.1, -0.05) is 27.2 Å². The third kappa shape index (κ3) is 4.67. The monoisotopic (exact) mass is 347 g/mol. The number of amides is 1. The van der Waals surface area contributed by atoms with Crippen LogP contribution in [0.5, 0.6) is 0 Å². The Balaban J connectivity index is 3.18. The third-order valence-corrected chi connectivity index (χ3v) is 5.52. The minimum Gasteiger partial charge on any atom is -0.391 e. The maximum atomic E-state index is 12.3. The number of carbonyl (C=O) groups is 1. The van der Waals surface area contributed by atoms with Crippen LogP contribution in [0.1, 0.15) is 53.9 Å². The van der Waals surface area contributed by atoms with E-state index in [9.17, 15) is 10.1 Å². The highest BCUT2D eigenvalue weighted by Crippen LogP contribution is 2.38. The van der Waals surface area contributed by atoms with Crippen molar-refractivity contribution in [3.8, 4) is 6.07 Å². The van der Waals surface area contributed by atoms with E-state index in [2.05, 4.69) is 44.4 Å². The summed E-state index contributed by atoms with van der Waals surface area (Å²) in [5, 5.41) is 16.5. The number of hydrogen-bond acceptors (Lipinski definition) is 4. The topological polar surface area (TPSA) is 64.9 Å². The van der Waals surface area contributed by atoms with Crippen molar-refractivity contribution < 1.29 is 4.79 Å². The molecule has 0 spiro atoms. The number of thioether (sulfide) groups is 1. The molecule has 0 saturated carbocycles. The molecule has 1 unspecified atom stereocenters. The van der Waals surface area contributed by atoms with Crippen LogP contribution in [-0.4, -0.2) is 18.7 Å². The van der Waals surface area contributed by atoms with E-state index in [1.54, 1.807) is 11.8 Å². The minimum absolute atomic E-state index is 0.00339. The van der Waals surface area contributed by atoms with Gasteiger partial charge in [-0.2, -0.15) is 5.26 Å². The number of hydrogen-bond donors (Lipinski definition) is 2. The first-order chi connectivity index (χ1) is 11.4. The molecule has 0 fully saturated rings. The molecular formula is C19H29N3OS. The molecule has 0 aromatic rings. The van der Waals surface area contributed by atoms with E-state index in [0.29, 0.717) is 10.6 Å². The second-order valence-corrected chi connectivity index (χ2v) is 7.08. The van der Waals surface area contributed by atoms with Gasteiger partial charge >= 0.3 is 0 Å². The number of carbonyl (C=O) groups excluding carboxylic acids is 1. The molecule has 24 heavy (non-hydrogen) atoms. The van der Waals surface area contributed by atoms with Gasteiger partial charge in [-0.05, 0) is 43.4 Å². The fourth-order valence-corrected chi connectivity index (χ4v) is 4.02. The lowest BCUT2D eigenvalue weighted by atomic mass is 9.95. The molecule has 2 N–H and O–H groups in total. The second-order valence-electron chi connectivity index (χ2n) is 6.09. The fraction of sp³-hybridized carbons (Fsp3) is 0.579. The normalized spacial score (nSPS) is 18.7. The summed E-state index contributed by atoms with van der Waals surface area (Å²) in [6.07, 6.45) is 2.74. The summed E-state index contributed by atoms with van der Waals surface area (Å²) in [6.45, 7) is 10.2. The smallest absolute Gasteiger partial charge is 0.227 e. The van der Waals surface area contributed by atoms with Crippen molar-refractivity contribution in [1.82, 2.24) is 10.6 Å². The predicted molar refractivity (Wildman–Crippen MR) is 102 cm³/mol. The van der Waals surface area contributed by atoms with Crippen molar-refractivity contribution in [1.29, 1.82) is 5.26 Å². The largest absolute Gasteiger partial charge is 0.391 e. The van der Waals surface area contributed by atoms with Crippen molar-refractivity contribution in [3.05, 3.63) is 33.0 Å². The molecule has 0 aromatic carbocycles. The van der Waals surface area contributed by atoms with Crippen LogP contribution in [0.3, 0.4) is 0 Å². The van der Waals surface area contributed by atoms with Gasteiger partial charge in [0.05, 0.1) is 10.6 Å². The Bertz CT molecular complexity index is 623. The molecule has 1 amide bonds. The van der Waals surface area contributed by atoms with Gasteiger partial charge in [0.1, 0.15) is 6.07 Å². The average molecular weight is 348 g/mol. The maximum absolute atomic E-state index is 12.3. The summed E-state index contributed by atoms with van der Waals surface area (Å²) in [5.74, 6) is 0.700. The molecule has 1 atom stereocenters. The zero-order valence-electron chi connectivity index (χ0n) is 15.7. The number of nitriles is 1. The Morgan fingerprint density at radius 3 is 2.54 bits per heavy atom. The van der Waals surface area contributed by atoms with Crippen LogP contribution in [0.4, 0.5) is 0 Å². The van der Waals surface area contributed by atoms with Crippen molar-refractivity contribution in [2.75, 3.05) is 12.8 Å². The lowest BCUT2D eigenvalue weighted by Crippen LogP contribution is -2.27. The highest BCUT2D eigenvalue weighted by molar-refractivity contribution is 8.03. The molecule has 0 radical (unpaired) electrons. The molecule has 4 nitrogen and oxygen atoms in total. The molecule has 1 rings (SSSR count). The van der Waals surface area contributed by atoms with Gasteiger partial charge in [0.2, 0.25) is 5.91 Å². The third-order valence-electron chi connectivity index (χ3n) is 4.49. The van der Waals surface area contributed by atoms with Crippen molar-refractivity contribution in [2.45, 2.75) is 53.9 Å².